The van der Waals surface area contributed by atoms with Crippen LogP contribution in [0.25, 0.3) is 5.52 Å². The molecule has 0 spiro atoms. The third kappa shape index (κ3) is 2.83. The quantitative estimate of drug-likeness (QED) is 0.725. The number of nitrogens with zero attached hydrogens (tertiary/aromatic N) is 3. The van der Waals surface area contributed by atoms with Gasteiger partial charge in [-0.2, -0.15) is 5.10 Å². The Morgan fingerprint density at radius 1 is 1.37 bits per heavy atom. The fraction of sp³-hybridized carbons (Fsp3) is 0.286. The average Bonchev–Trinajstić information content (AvgIpc) is 3.02. The van der Waals surface area contributed by atoms with Crippen LogP contribution in [0, 0.1) is 6.92 Å². The average molecular weight is 272 g/mol. The summed E-state index contributed by atoms with van der Waals surface area (Å²) in [5.41, 5.74) is 3.51. The molecule has 0 unspecified atom stereocenters. The van der Waals surface area contributed by atoms with Crippen LogP contribution < -0.4 is 5.32 Å². The lowest BCUT2D eigenvalue weighted by Crippen LogP contribution is -2.16. The molecule has 0 aliphatic rings. The third-order valence-corrected chi connectivity index (χ3v) is 4.03. The molecular formula is C14H16N4S. The van der Waals surface area contributed by atoms with E-state index in [-0.39, 0.29) is 0 Å². The second-order valence-corrected chi connectivity index (χ2v) is 5.45. The zero-order valence-corrected chi connectivity index (χ0v) is 11.7. The highest BCUT2D eigenvalue weighted by atomic mass is 32.1. The van der Waals surface area contributed by atoms with Gasteiger partial charge in [-0.25, -0.2) is 9.50 Å². The first-order valence-electron chi connectivity index (χ1n) is 6.36. The largest absolute Gasteiger partial charge is 0.312 e. The molecule has 0 bridgehead atoms. The molecule has 0 radical (unpaired) electrons. The Morgan fingerprint density at radius 2 is 2.32 bits per heavy atom. The minimum absolute atomic E-state index is 0.845. The van der Waals surface area contributed by atoms with Crippen molar-refractivity contribution in [2.75, 3.05) is 6.54 Å². The first-order valence-corrected chi connectivity index (χ1v) is 7.24. The van der Waals surface area contributed by atoms with E-state index >= 15 is 0 Å². The number of pyridine rings is 1. The summed E-state index contributed by atoms with van der Waals surface area (Å²) in [6.07, 6.45) is 4.88. The van der Waals surface area contributed by atoms with E-state index in [0.717, 1.165) is 25.2 Å². The zero-order chi connectivity index (χ0) is 13.1. The lowest BCUT2D eigenvalue weighted by Gasteiger charge is -2.02. The smallest absolute Gasteiger partial charge is 0.0940 e. The predicted molar refractivity (Wildman–Crippen MR) is 77.5 cm³/mol. The lowest BCUT2D eigenvalue weighted by molar-refractivity contribution is 0.687. The minimum atomic E-state index is 0.845. The number of hydrogen-bond donors (Lipinski definition) is 1. The van der Waals surface area contributed by atoms with Crippen LogP contribution in [0.1, 0.15) is 16.3 Å². The van der Waals surface area contributed by atoms with E-state index in [1.807, 2.05) is 36.0 Å². The van der Waals surface area contributed by atoms with Crippen LogP contribution in [0.3, 0.4) is 0 Å². The molecule has 0 amide bonds. The molecule has 0 aliphatic carbocycles. The number of rotatable bonds is 5. The molecule has 1 N–H and O–H groups in total. The van der Waals surface area contributed by atoms with E-state index in [0.29, 0.717) is 0 Å². The summed E-state index contributed by atoms with van der Waals surface area (Å²) in [6, 6.07) is 6.12. The van der Waals surface area contributed by atoms with Gasteiger partial charge in [0.2, 0.25) is 0 Å². The molecule has 19 heavy (non-hydrogen) atoms. The normalized spacial score (nSPS) is 11.2. The molecule has 5 heteroatoms. The third-order valence-electron chi connectivity index (χ3n) is 3.00. The van der Waals surface area contributed by atoms with Gasteiger partial charge in [-0.3, -0.25) is 0 Å². The van der Waals surface area contributed by atoms with E-state index < -0.39 is 0 Å². The Morgan fingerprint density at radius 3 is 3.16 bits per heavy atom. The summed E-state index contributed by atoms with van der Waals surface area (Å²) in [6.45, 7) is 3.82. The number of aromatic nitrogens is 3. The molecule has 3 heterocycles. The molecule has 3 aromatic heterocycles. The van der Waals surface area contributed by atoms with Crippen molar-refractivity contribution in [1.29, 1.82) is 0 Å². The van der Waals surface area contributed by atoms with Crippen LogP contribution in [-0.2, 0) is 13.0 Å². The standard InChI is InChI=1S/C14H16N4S/c1-11-10-19-14(17-11)5-6-15-8-12-9-16-18-7-3-2-4-13(12)18/h2-4,7,9-10,15H,5-6,8H2,1H3. The second kappa shape index (κ2) is 5.50. The van der Waals surface area contributed by atoms with Gasteiger partial charge < -0.3 is 5.32 Å². The van der Waals surface area contributed by atoms with Crippen molar-refractivity contribution in [1.82, 2.24) is 19.9 Å². The van der Waals surface area contributed by atoms with Crippen LogP contribution in [0.5, 0.6) is 0 Å². The highest BCUT2D eigenvalue weighted by molar-refractivity contribution is 7.09. The molecular weight excluding hydrogens is 256 g/mol. The maximum Gasteiger partial charge on any atom is 0.0940 e. The van der Waals surface area contributed by atoms with E-state index in [1.165, 1.54) is 16.1 Å². The van der Waals surface area contributed by atoms with E-state index in [1.54, 1.807) is 11.3 Å². The minimum Gasteiger partial charge on any atom is -0.312 e. The monoisotopic (exact) mass is 272 g/mol. The predicted octanol–water partition coefficient (Wildman–Crippen LogP) is 2.43. The van der Waals surface area contributed by atoms with Gasteiger partial charge in [0.25, 0.3) is 0 Å². The molecule has 98 valence electrons. The Hall–Kier alpha value is -1.72. The SMILES string of the molecule is Cc1csc(CCNCc2cnn3ccccc23)n1. The highest BCUT2D eigenvalue weighted by Crippen LogP contribution is 2.10. The molecule has 0 saturated heterocycles. The summed E-state index contributed by atoms with van der Waals surface area (Å²) >= 11 is 1.73. The molecule has 0 saturated carbocycles. The lowest BCUT2D eigenvalue weighted by atomic mass is 10.2. The van der Waals surface area contributed by atoms with Crippen molar-refractivity contribution < 1.29 is 0 Å². The molecule has 0 aromatic carbocycles. The number of hydrogen-bond acceptors (Lipinski definition) is 4. The Kier molecular flexibility index (Phi) is 3.57. The topological polar surface area (TPSA) is 42.2 Å². The fourth-order valence-corrected chi connectivity index (χ4v) is 2.84. The van der Waals surface area contributed by atoms with Crippen LogP contribution in [-0.4, -0.2) is 21.1 Å². The van der Waals surface area contributed by atoms with Gasteiger partial charge in [0.05, 0.1) is 16.7 Å². The van der Waals surface area contributed by atoms with Gasteiger partial charge in [-0.1, -0.05) is 6.07 Å². The maximum absolute atomic E-state index is 4.46. The summed E-state index contributed by atoms with van der Waals surface area (Å²) < 4.78 is 1.90. The van der Waals surface area contributed by atoms with E-state index in [4.69, 9.17) is 0 Å². The number of fused-ring (bicyclic) bond motifs is 1. The van der Waals surface area contributed by atoms with Crippen molar-refractivity contribution in [2.24, 2.45) is 0 Å². The zero-order valence-electron chi connectivity index (χ0n) is 10.8. The maximum atomic E-state index is 4.46. The summed E-state index contributed by atoms with van der Waals surface area (Å²) in [5.74, 6) is 0. The Bertz CT molecular complexity index is 671. The number of thiazole rings is 1. The van der Waals surface area contributed by atoms with Crippen LogP contribution in [0.2, 0.25) is 0 Å². The molecule has 4 nitrogen and oxygen atoms in total. The van der Waals surface area contributed by atoms with Crippen LogP contribution in [0.15, 0.2) is 36.0 Å². The molecule has 3 rings (SSSR count). The van der Waals surface area contributed by atoms with Gasteiger partial charge in [0.15, 0.2) is 0 Å². The molecule has 3 aromatic rings. The van der Waals surface area contributed by atoms with Crippen molar-refractivity contribution in [2.45, 2.75) is 19.9 Å². The second-order valence-electron chi connectivity index (χ2n) is 4.51. The van der Waals surface area contributed by atoms with Gasteiger partial charge in [-0.05, 0) is 19.1 Å². The molecule has 0 fully saturated rings. The highest BCUT2D eigenvalue weighted by Gasteiger charge is 2.03. The molecule has 0 aliphatic heterocycles. The Labute approximate surface area is 116 Å². The van der Waals surface area contributed by atoms with Crippen LogP contribution >= 0.6 is 11.3 Å². The van der Waals surface area contributed by atoms with Crippen molar-refractivity contribution >= 4 is 16.9 Å². The fourth-order valence-electron chi connectivity index (χ4n) is 2.06. The van der Waals surface area contributed by atoms with E-state index in [9.17, 15) is 0 Å². The first kappa shape index (κ1) is 12.3. The van der Waals surface area contributed by atoms with Crippen molar-refractivity contribution in [3.63, 3.8) is 0 Å². The van der Waals surface area contributed by atoms with Gasteiger partial charge in [0.1, 0.15) is 0 Å². The summed E-state index contributed by atoms with van der Waals surface area (Å²) in [4.78, 5) is 4.46. The van der Waals surface area contributed by atoms with Gasteiger partial charge >= 0.3 is 0 Å². The van der Waals surface area contributed by atoms with E-state index in [2.05, 4.69) is 26.8 Å². The summed E-state index contributed by atoms with van der Waals surface area (Å²) in [7, 11) is 0. The Balaban J connectivity index is 1.55. The van der Waals surface area contributed by atoms with Crippen molar-refractivity contribution in [3.05, 3.63) is 52.2 Å². The number of nitrogens with one attached hydrogen (secondary N) is 1. The number of aryl methyl sites for hydroxylation is 1. The van der Waals surface area contributed by atoms with Gasteiger partial charge in [-0.15, -0.1) is 11.3 Å². The van der Waals surface area contributed by atoms with Crippen molar-refractivity contribution in [3.8, 4) is 0 Å². The van der Waals surface area contributed by atoms with Crippen LogP contribution in [0.4, 0.5) is 0 Å². The van der Waals surface area contributed by atoms with Gasteiger partial charge in [0, 0.05) is 42.3 Å². The summed E-state index contributed by atoms with van der Waals surface area (Å²) in [5, 5.41) is 11.1. The molecule has 0 atom stereocenters. The first-order chi connectivity index (χ1) is 9.33.